The summed E-state index contributed by atoms with van der Waals surface area (Å²) in [7, 11) is 3.11. The summed E-state index contributed by atoms with van der Waals surface area (Å²) in [4.78, 5) is 0. The highest BCUT2D eigenvalue weighted by molar-refractivity contribution is 5.74. The molecule has 4 heteroatoms. The summed E-state index contributed by atoms with van der Waals surface area (Å²) in [6.07, 6.45) is 3.52. The molecule has 0 atom stereocenters. The molecule has 0 aliphatic heterocycles. The molecule has 2 aromatic rings. The normalized spacial score (nSPS) is 10.7. The summed E-state index contributed by atoms with van der Waals surface area (Å²) in [6.45, 7) is 0. The third-order valence-corrected chi connectivity index (χ3v) is 2.84. The van der Waals surface area contributed by atoms with Crippen LogP contribution in [0.2, 0.25) is 0 Å². The lowest BCUT2D eigenvalue weighted by Crippen LogP contribution is -1.84. The summed E-state index contributed by atoms with van der Waals surface area (Å²) in [5.41, 5.74) is 1.40. The third-order valence-electron chi connectivity index (χ3n) is 2.84. The molecule has 0 bridgehead atoms. The van der Waals surface area contributed by atoms with Gasteiger partial charge < -0.3 is 19.7 Å². The molecule has 0 aliphatic carbocycles. The van der Waals surface area contributed by atoms with E-state index in [0.29, 0.717) is 17.1 Å². The number of hydrogen-bond acceptors (Lipinski definition) is 4. The Labute approximate surface area is 117 Å². The molecule has 4 nitrogen and oxygen atoms in total. The Hall–Kier alpha value is -2.62. The minimum atomic E-state index is 0.124. The van der Waals surface area contributed by atoms with Gasteiger partial charge in [-0.25, -0.2) is 0 Å². The molecule has 0 unspecified atom stereocenters. The van der Waals surface area contributed by atoms with Gasteiger partial charge in [-0.1, -0.05) is 12.2 Å². The number of aromatic hydroxyl groups is 2. The van der Waals surface area contributed by atoms with Gasteiger partial charge in [-0.15, -0.1) is 0 Å². The van der Waals surface area contributed by atoms with Gasteiger partial charge in [0.2, 0.25) is 0 Å². The fourth-order valence-corrected chi connectivity index (χ4v) is 1.80. The van der Waals surface area contributed by atoms with Gasteiger partial charge >= 0.3 is 0 Å². The Kier molecular flexibility index (Phi) is 4.15. The number of ether oxygens (including phenoxy) is 2. The summed E-state index contributed by atoms with van der Waals surface area (Å²) in [5.74, 6) is 1.52. The Bertz CT molecular complexity index is 632. The second-order valence-corrected chi connectivity index (χ2v) is 4.22. The van der Waals surface area contributed by atoms with Crippen molar-refractivity contribution in [2.24, 2.45) is 0 Å². The van der Waals surface area contributed by atoms with Crippen LogP contribution >= 0.6 is 0 Å². The molecule has 0 saturated carbocycles. The molecule has 0 spiro atoms. The number of phenolic OH excluding ortho intramolecular Hbond substituents is 2. The molecule has 0 saturated heterocycles. The number of phenols is 2. The van der Waals surface area contributed by atoms with Gasteiger partial charge in [0, 0.05) is 11.6 Å². The van der Waals surface area contributed by atoms with Crippen LogP contribution < -0.4 is 9.47 Å². The largest absolute Gasteiger partial charge is 0.508 e. The lowest BCUT2D eigenvalue weighted by molar-refractivity contribution is 0.407. The van der Waals surface area contributed by atoms with Crippen molar-refractivity contribution in [1.29, 1.82) is 0 Å². The quantitative estimate of drug-likeness (QED) is 0.838. The summed E-state index contributed by atoms with van der Waals surface area (Å²) in [5, 5.41) is 19.4. The molecule has 0 fully saturated rings. The van der Waals surface area contributed by atoms with E-state index in [2.05, 4.69) is 0 Å². The zero-order valence-electron chi connectivity index (χ0n) is 11.3. The summed E-state index contributed by atoms with van der Waals surface area (Å²) < 4.78 is 10.2. The molecule has 2 rings (SSSR count). The van der Waals surface area contributed by atoms with Crippen molar-refractivity contribution in [2.45, 2.75) is 0 Å². The van der Waals surface area contributed by atoms with Crippen LogP contribution in [0.4, 0.5) is 0 Å². The lowest BCUT2D eigenvalue weighted by atomic mass is 10.1. The van der Waals surface area contributed by atoms with Gasteiger partial charge in [0.15, 0.2) is 0 Å². The molecular formula is C16H16O4. The van der Waals surface area contributed by atoms with Gasteiger partial charge in [-0.2, -0.15) is 0 Å². The van der Waals surface area contributed by atoms with E-state index in [9.17, 15) is 10.2 Å². The molecular weight excluding hydrogens is 256 g/mol. The van der Waals surface area contributed by atoms with Crippen LogP contribution in [0.3, 0.4) is 0 Å². The van der Waals surface area contributed by atoms with E-state index in [0.717, 1.165) is 5.56 Å². The Balaban J connectivity index is 2.31. The molecule has 2 N–H and O–H groups in total. The van der Waals surface area contributed by atoms with Crippen molar-refractivity contribution in [3.05, 3.63) is 47.5 Å². The highest BCUT2D eigenvalue weighted by Crippen LogP contribution is 2.26. The van der Waals surface area contributed by atoms with Crippen molar-refractivity contribution < 1.29 is 19.7 Å². The Morgan fingerprint density at radius 1 is 0.850 bits per heavy atom. The molecule has 0 heterocycles. The van der Waals surface area contributed by atoms with E-state index in [1.54, 1.807) is 49.6 Å². The highest BCUT2D eigenvalue weighted by atomic mass is 16.5. The van der Waals surface area contributed by atoms with Crippen LogP contribution in [0.5, 0.6) is 23.0 Å². The van der Waals surface area contributed by atoms with Crippen LogP contribution in [0.1, 0.15) is 11.1 Å². The zero-order valence-corrected chi connectivity index (χ0v) is 11.3. The van der Waals surface area contributed by atoms with Crippen LogP contribution in [0.15, 0.2) is 36.4 Å². The number of hydrogen-bond donors (Lipinski definition) is 2. The van der Waals surface area contributed by atoms with Crippen molar-refractivity contribution in [1.82, 2.24) is 0 Å². The van der Waals surface area contributed by atoms with E-state index >= 15 is 0 Å². The smallest absolute Gasteiger partial charge is 0.123 e. The summed E-state index contributed by atoms with van der Waals surface area (Å²) in [6, 6.07) is 9.90. The molecule has 0 radical (unpaired) electrons. The van der Waals surface area contributed by atoms with Gasteiger partial charge in [-0.05, 0) is 35.9 Å². The fourth-order valence-electron chi connectivity index (χ4n) is 1.80. The number of benzene rings is 2. The van der Waals surface area contributed by atoms with Gasteiger partial charge in [0.25, 0.3) is 0 Å². The third kappa shape index (κ3) is 3.23. The number of methoxy groups -OCH3 is 2. The predicted octanol–water partition coefficient (Wildman–Crippen LogP) is 3.29. The Morgan fingerprint density at radius 2 is 1.60 bits per heavy atom. The second-order valence-electron chi connectivity index (χ2n) is 4.22. The van der Waals surface area contributed by atoms with E-state index in [1.807, 2.05) is 0 Å². The predicted molar refractivity (Wildman–Crippen MR) is 78.2 cm³/mol. The van der Waals surface area contributed by atoms with E-state index in [1.165, 1.54) is 13.2 Å². The molecule has 20 heavy (non-hydrogen) atoms. The average Bonchev–Trinajstić information content (AvgIpc) is 2.45. The first-order valence-corrected chi connectivity index (χ1v) is 6.05. The van der Waals surface area contributed by atoms with Crippen LogP contribution in [-0.2, 0) is 0 Å². The first kappa shape index (κ1) is 13.8. The van der Waals surface area contributed by atoms with Gasteiger partial charge in [-0.3, -0.25) is 0 Å². The molecule has 104 valence electrons. The van der Waals surface area contributed by atoms with E-state index in [4.69, 9.17) is 9.47 Å². The maximum atomic E-state index is 9.78. The van der Waals surface area contributed by atoms with Crippen molar-refractivity contribution in [3.63, 3.8) is 0 Å². The fraction of sp³-hybridized carbons (Fsp3) is 0.125. The van der Waals surface area contributed by atoms with Crippen molar-refractivity contribution >= 4 is 12.2 Å². The van der Waals surface area contributed by atoms with Gasteiger partial charge in [0.05, 0.1) is 14.2 Å². The number of rotatable bonds is 4. The molecule has 0 amide bonds. The first-order valence-electron chi connectivity index (χ1n) is 6.05. The summed E-state index contributed by atoms with van der Waals surface area (Å²) >= 11 is 0. The van der Waals surface area contributed by atoms with Crippen LogP contribution in [-0.4, -0.2) is 24.4 Å². The Morgan fingerprint density at radius 3 is 2.30 bits per heavy atom. The second kappa shape index (κ2) is 6.02. The van der Waals surface area contributed by atoms with Crippen LogP contribution in [0, 0.1) is 0 Å². The van der Waals surface area contributed by atoms with E-state index in [-0.39, 0.29) is 11.5 Å². The first-order chi connectivity index (χ1) is 9.62. The van der Waals surface area contributed by atoms with Crippen molar-refractivity contribution in [2.75, 3.05) is 14.2 Å². The van der Waals surface area contributed by atoms with E-state index < -0.39 is 0 Å². The molecule has 0 aliphatic rings. The minimum absolute atomic E-state index is 0.124. The standard InChI is InChI=1S/C16H16O4/c1-19-14-5-6-16(18)12(9-14)4-3-11-7-13(17)10-15(8-11)20-2/h3-10,17-18H,1-2H3/b4-3+. The molecule has 0 aromatic heterocycles. The SMILES string of the molecule is COc1cc(O)cc(/C=C/c2cc(OC)ccc2O)c1. The molecule has 2 aromatic carbocycles. The lowest BCUT2D eigenvalue weighted by Gasteiger charge is -2.04. The zero-order chi connectivity index (χ0) is 14.5. The maximum absolute atomic E-state index is 9.78. The highest BCUT2D eigenvalue weighted by Gasteiger charge is 2.01. The van der Waals surface area contributed by atoms with Crippen molar-refractivity contribution in [3.8, 4) is 23.0 Å². The monoisotopic (exact) mass is 272 g/mol. The minimum Gasteiger partial charge on any atom is -0.508 e. The van der Waals surface area contributed by atoms with Crippen LogP contribution in [0.25, 0.3) is 12.2 Å². The van der Waals surface area contributed by atoms with Gasteiger partial charge in [0.1, 0.15) is 23.0 Å². The average molecular weight is 272 g/mol. The topological polar surface area (TPSA) is 58.9 Å². The maximum Gasteiger partial charge on any atom is 0.123 e.